The van der Waals surface area contributed by atoms with Crippen LogP contribution in [0.1, 0.15) is 12.8 Å². The van der Waals surface area contributed by atoms with Crippen LogP contribution in [0.4, 0.5) is 0 Å². The van der Waals surface area contributed by atoms with Crippen molar-refractivity contribution < 1.29 is 71.6 Å². The van der Waals surface area contributed by atoms with Crippen molar-refractivity contribution in [1.82, 2.24) is 0 Å². The normalized spacial score (nSPS) is 9.88. The summed E-state index contributed by atoms with van der Waals surface area (Å²) in [6.07, 6.45) is -2.65. The number of hydrogen-bond acceptors (Lipinski definition) is 10. The van der Waals surface area contributed by atoms with Crippen LogP contribution in [0.25, 0.3) is 0 Å². The summed E-state index contributed by atoms with van der Waals surface area (Å²) in [6.45, 7) is 0. The van der Waals surface area contributed by atoms with Gasteiger partial charge in [-0.3, -0.25) is 9.59 Å². The van der Waals surface area contributed by atoms with Gasteiger partial charge in [-0.05, 0) is 0 Å². The van der Waals surface area contributed by atoms with Crippen LogP contribution in [-0.4, -0.2) is 28.6 Å². The average Bonchev–Trinajstić information content (AvgIpc) is 2.27. The molecular formula is C6H5O10Ti. The molecule has 0 spiro atoms. The Morgan fingerprint density at radius 2 is 1.29 bits per heavy atom. The third kappa shape index (κ3) is 5.72. The zero-order valence-corrected chi connectivity index (χ0v) is 9.60. The van der Waals surface area contributed by atoms with E-state index in [1.54, 1.807) is 0 Å². The molecule has 0 saturated heterocycles. The minimum Gasteiger partial charge on any atom is -0.662 e. The summed E-state index contributed by atoms with van der Waals surface area (Å²) in [7, 11) is 0. The molecule has 10 nitrogen and oxygen atoms in total. The van der Waals surface area contributed by atoms with Gasteiger partial charge < -0.3 is 35.5 Å². The largest absolute Gasteiger partial charge is 3.00 e. The minimum atomic E-state index is -2.97. The van der Waals surface area contributed by atoms with E-state index in [1.165, 1.54) is 0 Å². The SMILES string of the molecule is O=C(CC(O)(CC(=O)O[O-])C(=O)O[O-])O[O-].[Ti+3]. The monoisotopic (exact) mass is 285 g/mol. The Bertz CT molecular complexity index is 271. The Kier molecular flexibility index (Phi) is 8.75. The van der Waals surface area contributed by atoms with Gasteiger partial charge in [-0.2, -0.15) is 0 Å². The first-order chi connectivity index (χ1) is 7.39. The number of carbonyl (C=O) groups excluding carboxylic acids is 3. The van der Waals surface area contributed by atoms with Gasteiger partial charge in [0.05, 0.1) is 12.8 Å². The molecule has 0 aromatic carbocycles. The van der Waals surface area contributed by atoms with E-state index in [-0.39, 0.29) is 21.7 Å². The first-order valence-electron chi connectivity index (χ1n) is 3.61. The van der Waals surface area contributed by atoms with E-state index in [9.17, 15) is 35.3 Å². The van der Waals surface area contributed by atoms with Crippen LogP contribution in [0.15, 0.2) is 0 Å². The smallest absolute Gasteiger partial charge is 0.662 e. The molecule has 0 aromatic heterocycles. The molecule has 0 heterocycles. The molecule has 93 valence electrons. The van der Waals surface area contributed by atoms with E-state index in [0.717, 1.165) is 0 Å². The molecule has 1 N–H and O–H groups in total. The Labute approximate surface area is 108 Å². The summed E-state index contributed by atoms with van der Waals surface area (Å²) in [5.74, 6) is -5.19. The van der Waals surface area contributed by atoms with E-state index in [4.69, 9.17) is 0 Å². The first kappa shape index (κ1) is 18.3. The number of carbonyl (C=O) groups is 3. The van der Waals surface area contributed by atoms with Crippen molar-refractivity contribution in [1.29, 1.82) is 0 Å². The van der Waals surface area contributed by atoms with Crippen LogP contribution < -0.4 is 15.8 Å². The third-order valence-corrected chi connectivity index (χ3v) is 1.52. The van der Waals surface area contributed by atoms with Gasteiger partial charge in [0.1, 0.15) is 0 Å². The van der Waals surface area contributed by atoms with Gasteiger partial charge >= 0.3 is 39.6 Å². The topological polar surface area (TPSA) is 168 Å². The second-order valence-electron chi connectivity index (χ2n) is 2.67. The van der Waals surface area contributed by atoms with Gasteiger partial charge in [-0.25, -0.2) is 4.79 Å². The van der Waals surface area contributed by atoms with E-state index < -0.39 is 36.4 Å². The molecule has 0 aliphatic rings. The van der Waals surface area contributed by atoms with Crippen molar-refractivity contribution in [2.45, 2.75) is 18.4 Å². The van der Waals surface area contributed by atoms with Gasteiger partial charge in [-0.1, -0.05) is 0 Å². The Morgan fingerprint density at radius 1 is 0.941 bits per heavy atom. The van der Waals surface area contributed by atoms with Gasteiger partial charge in [-0.15, -0.1) is 0 Å². The fourth-order valence-electron chi connectivity index (χ4n) is 0.821. The van der Waals surface area contributed by atoms with Crippen molar-refractivity contribution in [2.75, 3.05) is 0 Å². The molecule has 0 amide bonds. The zero-order chi connectivity index (χ0) is 12.8. The summed E-state index contributed by atoms with van der Waals surface area (Å²) >= 11 is 0. The first-order valence-corrected chi connectivity index (χ1v) is 3.61. The summed E-state index contributed by atoms with van der Waals surface area (Å²) in [4.78, 5) is 40.3. The molecule has 11 heteroatoms. The maximum absolute atomic E-state index is 10.7. The molecule has 0 rings (SSSR count). The van der Waals surface area contributed by atoms with Crippen LogP contribution in [0.2, 0.25) is 0 Å². The molecule has 17 heavy (non-hydrogen) atoms. The third-order valence-electron chi connectivity index (χ3n) is 1.52. The van der Waals surface area contributed by atoms with E-state index >= 15 is 0 Å². The molecular weight excluding hydrogens is 280 g/mol. The number of hydrogen-bond donors (Lipinski definition) is 1. The van der Waals surface area contributed by atoms with Gasteiger partial charge in [0, 0.05) is 0 Å². The summed E-state index contributed by atoms with van der Waals surface area (Å²) in [5, 5.41) is 38.3. The Hall–Kier alpha value is -1.04. The van der Waals surface area contributed by atoms with E-state index in [1.807, 2.05) is 0 Å². The van der Waals surface area contributed by atoms with Crippen LogP contribution in [0, 0.1) is 0 Å². The van der Waals surface area contributed by atoms with Crippen LogP contribution in [-0.2, 0) is 50.8 Å². The molecule has 0 saturated carbocycles. The maximum Gasteiger partial charge on any atom is 3.00 e. The van der Waals surface area contributed by atoms with Crippen LogP contribution in [0.5, 0.6) is 0 Å². The standard InChI is InChI=1S/C6H8O10.Ti/c7-3(14-11)1-6(10,5(9)16-13)2-4(8)15-12;/h10-13H,1-2H2;/q;+3/p-3. The zero-order valence-electron chi connectivity index (χ0n) is 8.04. The fourth-order valence-corrected chi connectivity index (χ4v) is 0.821. The average molecular weight is 285 g/mol. The van der Waals surface area contributed by atoms with Crippen molar-refractivity contribution in [3.05, 3.63) is 0 Å². The van der Waals surface area contributed by atoms with Gasteiger partial charge in [0.25, 0.3) is 0 Å². The van der Waals surface area contributed by atoms with Crippen LogP contribution in [0.3, 0.4) is 0 Å². The molecule has 0 fully saturated rings. The van der Waals surface area contributed by atoms with E-state index in [2.05, 4.69) is 14.7 Å². The quantitative estimate of drug-likeness (QED) is 0.293. The second kappa shape index (κ2) is 8.11. The molecule has 1 radical (unpaired) electrons. The Morgan fingerprint density at radius 3 is 1.53 bits per heavy atom. The van der Waals surface area contributed by atoms with Crippen LogP contribution >= 0.6 is 0 Å². The van der Waals surface area contributed by atoms with Crippen molar-refractivity contribution >= 4 is 17.9 Å². The van der Waals surface area contributed by atoms with Crippen molar-refractivity contribution in [2.24, 2.45) is 0 Å². The Balaban J connectivity index is 0. The maximum atomic E-state index is 10.7. The van der Waals surface area contributed by atoms with Gasteiger partial charge in [0.2, 0.25) is 0 Å². The molecule has 0 bridgehead atoms. The van der Waals surface area contributed by atoms with Crippen molar-refractivity contribution in [3.63, 3.8) is 0 Å². The molecule has 0 aromatic rings. The second-order valence-corrected chi connectivity index (χ2v) is 2.67. The predicted octanol–water partition coefficient (Wildman–Crippen LogP) is -5.05. The molecule has 0 atom stereocenters. The summed E-state index contributed by atoms with van der Waals surface area (Å²) in [6, 6.07) is 0. The van der Waals surface area contributed by atoms with E-state index in [0.29, 0.717) is 0 Å². The molecule has 0 aliphatic carbocycles. The summed E-state index contributed by atoms with van der Waals surface area (Å²) in [5.41, 5.74) is -2.97. The fraction of sp³-hybridized carbons (Fsp3) is 0.500. The number of rotatable bonds is 5. The predicted molar refractivity (Wildman–Crippen MR) is 32.5 cm³/mol. The number of aliphatic hydroxyl groups is 1. The van der Waals surface area contributed by atoms with Gasteiger partial charge in [0.15, 0.2) is 5.60 Å². The molecule has 0 aliphatic heterocycles. The molecule has 0 unspecified atom stereocenters. The minimum absolute atomic E-state index is 0. The summed E-state index contributed by atoms with van der Waals surface area (Å²) < 4.78 is 0. The van der Waals surface area contributed by atoms with Crippen molar-refractivity contribution in [3.8, 4) is 0 Å².